The van der Waals surface area contributed by atoms with E-state index in [1.165, 1.54) is 23.1 Å². The van der Waals surface area contributed by atoms with Gasteiger partial charge in [0.25, 0.3) is 0 Å². The van der Waals surface area contributed by atoms with Crippen LogP contribution in [0.3, 0.4) is 0 Å². The molecule has 2 aromatic heterocycles. The van der Waals surface area contributed by atoms with E-state index in [1.54, 1.807) is 11.3 Å². The first-order chi connectivity index (χ1) is 11.4. The van der Waals surface area contributed by atoms with Crippen LogP contribution in [0.25, 0.3) is 10.2 Å². The van der Waals surface area contributed by atoms with Gasteiger partial charge in [-0.2, -0.15) is 0 Å². The van der Waals surface area contributed by atoms with Gasteiger partial charge in [0.15, 0.2) is 5.16 Å². The van der Waals surface area contributed by atoms with E-state index in [9.17, 15) is 4.79 Å². The minimum atomic E-state index is 0.167. The van der Waals surface area contributed by atoms with E-state index in [2.05, 4.69) is 30.7 Å². The number of aromatic nitrogens is 2. The minimum absolute atomic E-state index is 0.167. The van der Waals surface area contributed by atoms with Crippen molar-refractivity contribution in [1.82, 2.24) is 14.9 Å². The summed E-state index contributed by atoms with van der Waals surface area (Å²) in [6, 6.07) is 0.635. The van der Waals surface area contributed by atoms with E-state index in [0.29, 0.717) is 28.8 Å². The van der Waals surface area contributed by atoms with Crippen LogP contribution in [0.15, 0.2) is 5.16 Å². The third-order valence-electron chi connectivity index (χ3n) is 4.84. The predicted octanol–water partition coefficient (Wildman–Crippen LogP) is 3.77. The first-order valence-electron chi connectivity index (χ1n) is 8.35. The topological polar surface area (TPSA) is 72.1 Å². The van der Waals surface area contributed by atoms with E-state index >= 15 is 0 Å². The Bertz CT molecular complexity index is 764. The molecule has 2 unspecified atom stereocenters. The van der Waals surface area contributed by atoms with Gasteiger partial charge >= 0.3 is 0 Å². The number of piperidine rings is 1. The zero-order valence-corrected chi connectivity index (χ0v) is 16.3. The van der Waals surface area contributed by atoms with E-state index in [1.807, 2.05) is 11.8 Å². The summed E-state index contributed by atoms with van der Waals surface area (Å²) in [7, 11) is 0. The van der Waals surface area contributed by atoms with Gasteiger partial charge in [0.1, 0.15) is 10.6 Å². The molecule has 1 saturated heterocycles. The minimum Gasteiger partial charge on any atom is -0.383 e. The number of carbonyl (C=O) groups excluding carboxylic acids is 1. The summed E-state index contributed by atoms with van der Waals surface area (Å²) >= 11 is 3.01. The lowest BCUT2D eigenvalue weighted by atomic mass is 9.98. The lowest BCUT2D eigenvalue weighted by molar-refractivity contribution is -0.134. The van der Waals surface area contributed by atoms with Crippen molar-refractivity contribution in [3.8, 4) is 0 Å². The molecule has 3 rings (SSSR count). The first-order valence-corrected chi connectivity index (χ1v) is 10.2. The average Bonchev–Trinajstić information content (AvgIpc) is 2.80. The van der Waals surface area contributed by atoms with Crippen LogP contribution < -0.4 is 5.73 Å². The highest BCUT2D eigenvalue weighted by atomic mass is 32.2. The van der Waals surface area contributed by atoms with Gasteiger partial charge in [0.05, 0.1) is 11.1 Å². The highest BCUT2D eigenvalue weighted by molar-refractivity contribution is 7.99. The van der Waals surface area contributed by atoms with Gasteiger partial charge < -0.3 is 10.6 Å². The fourth-order valence-corrected chi connectivity index (χ4v) is 5.25. The summed E-state index contributed by atoms with van der Waals surface area (Å²) < 4.78 is 0. The number of hydrogen-bond donors (Lipinski definition) is 1. The standard InChI is InChI=1S/C17H24N4OS2/c1-9-6-5-7-10(2)21(9)13(22)8-23-17-19-15(18)14-11(3)12(4)24-16(14)20-17/h9-10H,5-8H2,1-4H3,(H2,18,19,20). The molecule has 2 aromatic rings. The van der Waals surface area contributed by atoms with Crippen molar-refractivity contribution in [1.29, 1.82) is 0 Å². The number of aryl methyl sites for hydroxylation is 2. The molecule has 3 heterocycles. The molecule has 0 radical (unpaired) electrons. The summed E-state index contributed by atoms with van der Waals surface area (Å²) in [6.07, 6.45) is 3.38. The molecular formula is C17H24N4OS2. The Morgan fingerprint density at radius 2 is 1.96 bits per heavy atom. The number of rotatable bonds is 3. The van der Waals surface area contributed by atoms with E-state index in [-0.39, 0.29) is 5.91 Å². The van der Waals surface area contributed by atoms with Gasteiger partial charge in [-0.1, -0.05) is 11.8 Å². The summed E-state index contributed by atoms with van der Waals surface area (Å²) in [5.74, 6) is 1.04. The zero-order chi connectivity index (χ0) is 17.4. The molecule has 1 aliphatic heterocycles. The van der Waals surface area contributed by atoms with E-state index in [0.717, 1.165) is 28.6 Å². The maximum absolute atomic E-state index is 12.6. The van der Waals surface area contributed by atoms with E-state index in [4.69, 9.17) is 5.73 Å². The largest absolute Gasteiger partial charge is 0.383 e. The number of carbonyl (C=O) groups is 1. The maximum Gasteiger partial charge on any atom is 0.233 e. The number of thioether (sulfide) groups is 1. The molecule has 130 valence electrons. The van der Waals surface area contributed by atoms with Crippen LogP contribution in [0, 0.1) is 13.8 Å². The second kappa shape index (κ2) is 6.88. The van der Waals surface area contributed by atoms with Gasteiger partial charge in [0.2, 0.25) is 5.91 Å². The van der Waals surface area contributed by atoms with Crippen LogP contribution in [-0.2, 0) is 4.79 Å². The van der Waals surface area contributed by atoms with Crippen LogP contribution in [0.4, 0.5) is 5.82 Å². The molecule has 2 N–H and O–H groups in total. The molecule has 2 atom stereocenters. The van der Waals surface area contributed by atoms with Crippen LogP contribution in [0.2, 0.25) is 0 Å². The molecule has 1 fully saturated rings. The SMILES string of the molecule is Cc1sc2nc(SCC(=O)N3C(C)CCCC3C)nc(N)c2c1C. The van der Waals surface area contributed by atoms with Gasteiger partial charge in [0, 0.05) is 17.0 Å². The summed E-state index contributed by atoms with van der Waals surface area (Å²) in [5, 5.41) is 1.54. The number of nitrogens with zero attached hydrogens (tertiary/aromatic N) is 3. The van der Waals surface area contributed by atoms with Gasteiger partial charge in [-0.25, -0.2) is 9.97 Å². The van der Waals surface area contributed by atoms with Gasteiger partial charge in [-0.15, -0.1) is 11.3 Å². The number of thiophene rings is 1. The predicted molar refractivity (Wildman–Crippen MR) is 102 cm³/mol. The molecule has 0 saturated carbocycles. The molecule has 0 aromatic carbocycles. The van der Waals surface area contributed by atoms with E-state index < -0.39 is 0 Å². The molecule has 0 aliphatic carbocycles. The molecular weight excluding hydrogens is 340 g/mol. The summed E-state index contributed by atoms with van der Waals surface area (Å²) in [6.45, 7) is 8.38. The van der Waals surface area contributed by atoms with Crippen molar-refractivity contribution in [2.45, 2.75) is 64.2 Å². The number of anilines is 1. The number of nitrogen functional groups attached to an aromatic ring is 1. The molecule has 0 spiro atoms. The Balaban J connectivity index is 1.74. The Labute approximate surface area is 151 Å². The number of amides is 1. The normalized spacial score (nSPS) is 21.4. The van der Waals surface area contributed by atoms with Gasteiger partial charge in [-0.05, 0) is 52.5 Å². The molecule has 24 heavy (non-hydrogen) atoms. The number of nitrogens with two attached hydrogens (primary N) is 1. The van der Waals surface area contributed by atoms with Crippen LogP contribution >= 0.6 is 23.1 Å². The summed E-state index contributed by atoms with van der Waals surface area (Å²) in [4.78, 5) is 25.8. The molecule has 5 nitrogen and oxygen atoms in total. The Hall–Kier alpha value is -1.34. The van der Waals surface area contributed by atoms with Crippen molar-refractivity contribution < 1.29 is 4.79 Å². The highest BCUT2D eigenvalue weighted by Gasteiger charge is 2.28. The fourth-order valence-electron chi connectivity index (χ4n) is 3.44. The molecule has 1 aliphatic rings. The monoisotopic (exact) mass is 364 g/mol. The first kappa shape index (κ1) is 17.5. The Kier molecular flexibility index (Phi) is 5.01. The van der Waals surface area contributed by atoms with Gasteiger partial charge in [-0.3, -0.25) is 4.79 Å². The number of hydrogen-bond acceptors (Lipinski definition) is 6. The summed E-state index contributed by atoms with van der Waals surface area (Å²) in [5.41, 5.74) is 7.26. The molecule has 0 bridgehead atoms. The maximum atomic E-state index is 12.6. The second-order valence-corrected chi connectivity index (χ2v) is 8.72. The smallest absolute Gasteiger partial charge is 0.233 e. The third kappa shape index (κ3) is 3.24. The lowest BCUT2D eigenvalue weighted by Crippen LogP contribution is -2.48. The third-order valence-corrected chi connectivity index (χ3v) is 6.78. The number of likely N-dealkylation sites (tertiary alicyclic amines) is 1. The van der Waals surface area contributed by atoms with Crippen molar-refractivity contribution in [2.24, 2.45) is 0 Å². The average molecular weight is 365 g/mol. The Morgan fingerprint density at radius 3 is 2.62 bits per heavy atom. The zero-order valence-electron chi connectivity index (χ0n) is 14.6. The number of fused-ring (bicyclic) bond motifs is 1. The van der Waals surface area contributed by atoms with Crippen LogP contribution in [0.1, 0.15) is 43.6 Å². The van der Waals surface area contributed by atoms with Crippen molar-refractivity contribution >= 4 is 45.0 Å². The van der Waals surface area contributed by atoms with Crippen molar-refractivity contribution in [3.05, 3.63) is 10.4 Å². The second-order valence-electron chi connectivity index (χ2n) is 6.57. The van der Waals surface area contributed by atoms with Crippen molar-refractivity contribution in [2.75, 3.05) is 11.5 Å². The molecule has 7 heteroatoms. The van der Waals surface area contributed by atoms with Crippen LogP contribution in [0.5, 0.6) is 0 Å². The quantitative estimate of drug-likeness (QED) is 0.663. The Morgan fingerprint density at radius 1 is 1.29 bits per heavy atom. The lowest BCUT2D eigenvalue weighted by Gasteiger charge is -2.39. The van der Waals surface area contributed by atoms with Crippen molar-refractivity contribution in [3.63, 3.8) is 0 Å². The molecule has 1 amide bonds. The fraction of sp³-hybridized carbons (Fsp3) is 0.588. The van der Waals surface area contributed by atoms with Crippen LogP contribution in [-0.4, -0.2) is 38.6 Å². The highest BCUT2D eigenvalue weighted by Crippen LogP contribution is 2.33.